The summed E-state index contributed by atoms with van der Waals surface area (Å²) < 4.78 is 46.3. The van der Waals surface area contributed by atoms with E-state index in [-0.39, 0.29) is 5.82 Å². The van der Waals surface area contributed by atoms with E-state index in [2.05, 4.69) is 36.8 Å². The van der Waals surface area contributed by atoms with Crippen LogP contribution in [0.1, 0.15) is 0 Å². The molecule has 1 fully saturated rings. The van der Waals surface area contributed by atoms with Gasteiger partial charge in [-0.1, -0.05) is 0 Å². The molecule has 0 atom stereocenters. The van der Waals surface area contributed by atoms with E-state index in [0.717, 1.165) is 26.2 Å². The lowest BCUT2D eigenvalue weighted by Gasteiger charge is -2.34. The lowest BCUT2D eigenvalue weighted by atomic mass is 10.1. The zero-order chi connectivity index (χ0) is 22.8. The van der Waals surface area contributed by atoms with Crippen molar-refractivity contribution in [2.75, 3.05) is 38.1 Å². The number of aromatic amines is 2. The average molecular weight is 442 g/mol. The van der Waals surface area contributed by atoms with Crippen LogP contribution in [0.15, 0.2) is 29.2 Å². The van der Waals surface area contributed by atoms with Crippen molar-refractivity contribution in [1.29, 1.82) is 0 Å². The number of nitrogens with zero attached hydrogens (tertiary/aromatic N) is 4. The fraction of sp³-hybridized carbons (Fsp3) is 0.333. The van der Waals surface area contributed by atoms with Gasteiger partial charge in [-0.3, -0.25) is 4.98 Å². The molecule has 1 aromatic carbocycles. The Morgan fingerprint density at radius 1 is 1.16 bits per heavy atom. The number of hydrogen-bond acceptors (Lipinski definition) is 6. The molecule has 0 bridgehead atoms. The molecule has 1 aliphatic rings. The number of imidazole rings is 1. The van der Waals surface area contributed by atoms with Crippen LogP contribution in [-0.2, 0) is 4.79 Å². The molecule has 3 aromatic rings. The molecule has 1 saturated heterocycles. The van der Waals surface area contributed by atoms with E-state index in [9.17, 15) is 22.4 Å². The number of benzene rings is 1. The van der Waals surface area contributed by atoms with Gasteiger partial charge in [-0.05, 0) is 25.2 Å². The van der Waals surface area contributed by atoms with Crippen molar-refractivity contribution in [3.05, 3.63) is 40.7 Å². The number of nitrogens with one attached hydrogen (secondary N) is 2. The molecular formula is C18H18F4N6O3. The number of aromatic nitrogens is 4. The number of halogens is 4. The Bertz CT molecular complexity index is 1140. The first-order valence-electron chi connectivity index (χ1n) is 9.03. The number of hydrogen-bond donors (Lipinski definition) is 3. The minimum absolute atomic E-state index is 0.274. The summed E-state index contributed by atoms with van der Waals surface area (Å²) >= 11 is 0. The SMILES string of the molecule is CN1CCN(c2ccc(-c3nc4[nH]c(=O)ncc4[nH]3)cc2F)CC1.O=C(O)C(F)(F)F. The van der Waals surface area contributed by atoms with Gasteiger partial charge in [0.25, 0.3) is 0 Å². The minimum Gasteiger partial charge on any atom is -0.475 e. The number of piperazine rings is 1. The molecule has 0 aliphatic carbocycles. The highest BCUT2D eigenvalue weighted by molar-refractivity contribution is 5.75. The molecule has 3 N–H and O–H groups in total. The Morgan fingerprint density at radius 3 is 2.39 bits per heavy atom. The summed E-state index contributed by atoms with van der Waals surface area (Å²) in [5.74, 6) is -2.53. The van der Waals surface area contributed by atoms with Crippen LogP contribution < -0.4 is 10.6 Å². The predicted molar refractivity (Wildman–Crippen MR) is 103 cm³/mol. The largest absolute Gasteiger partial charge is 0.490 e. The first-order chi connectivity index (χ1) is 14.5. The van der Waals surface area contributed by atoms with Gasteiger partial charge in [-0.25, -0.2) is 19.0 Å². The lowest BCUT2D eigenvalue weighted by molar-refractivity contribution is -0.192. The Labute approximate surface area is 172 Å². The van der Waals surface area contributed by atoms with Gasteiger partial charge >= 0.3 is 17.8 Å². The number of anilines is 1. The van der Waals surface area contributed by atoms with Gasteiger partial charge in [0, 0.05) is 31.7 Å². The van der Waals surface area contributed by atoms with Gasteiger partial charge in [0.2, 0.25) is 0 Å². The number of fused-ring (bicyclic) bond motifs is 1. The Kier molecular flexibility index (Phi) is 6.24. The third-order valence-corrected chi connectivity index (χ3v) is 4.58. The minimum atomic E-state index is -5.08. The summed E-state index contributed by atoms with van der Waals surface area (Å²) in [6, 6.07) is 5.08. The second-order valence-electron chi connectivity index (χ2n) is 6.80. The zero-order valence-electron chi connectivity index (χ0n) is 16.2. The Morgan fingerprint density at radius 2 is 1.81 bits per heavy atom. The van der Waals surface area contributed by atoms with E-state index < -0.39 is 17.8 Å². The van der Waals surface area contributed by atoms with Crippen LogP contribution in [0.25, 0.3) is 22.6 Å². The quantitative estimate of drug-likeness (QED) is 0.519. The van der Waals surface area contributed by atoms with Crippen LogP contribution in [0, 0.1) is 5.82 Å². The molecule has 0 unspecified atom stereocenters. The first kappa shape index (κ1) is 22.2. The van der Waals surface area contributed by atoms with E-state index in [4.69, 9.17) is 9.90 Å². The monoisotopic (exact) mass is 442 g/mol. The number of carbonyl (C=O) groups is 1. The number of alkyl halides is 3. The lowest BCUT2D eigenvalue weighted by Crippen LogP contribution is -2.44. The summed E-state index contributed by atoms with van der Waals surface area (Å²) in [6.07, 6.45) is -3.67. The second-order valence-corrected chi connectivity index (χ2v) is 6.80. The second kappa shape index (κ2) is 8.71. The van der Waals surface area contributed by atoms with Crippen LogP contribution in [0.3, 0.4) is 0 Å². The van der Waals surface area contributed by atoms with Crippen molar-refractivity contribution in [1.82, 2.24) is 24.8 Å². The molecule has 2 aromatic heterocycles. The number of carboxylic acids is 1. The summed E-state index contributed by atoms with van der Waals surface area (Å²) in [5, 5.41) is 7.12. The number of rotatable bonds is 2. The molecule has 31 heavy (non-hydrogen) atoms. The zero-order valence-corrected chi connectivity index (χ0v) is 16.2. The van der Waals surface area contributed by atoms with Crippen molar-refractivity contribution >= 4 is 22.8 Å². The molecule has 0 saturated carbocycles. The molecule has 0 spiro atoms. The summed E-state index contributed by atoms with van der Waals surface area (Å²) in [4.78, 5) is 37.9. The van der Waals surface area contributed by atoms with E-state index in [1.807, 2.05) is 6.07 Å². The van der Waals surface area contributed by atoms with Gasteiger partial charge in [0.15, 0.2) is 5.65 Å². The van der Waals surface area contributed by atoms with Crippen molar-refractivity contribution in [3.63, 3.8) is 0 Å². The van der Waals surface area contributed by atoms with Crippen molar-refractivity contribution in [2.24, 2.45) is 0 Å². The first-order valence-corrected chi connectivity index (χ1v) is 9.03. The maximum atomic E-state index is 14.6. The maximum Gasteiger partial charge on any atom is 0.490 e. The highest BCUT2D eigenvalue weighted by Gasteiger charge is 2.38. The smallest absolute Gasteiger partial charge is 0.475 e. The number of likely N-dealkylation sites (N-methyl/N-ethyl adjacent to an activating group) is 1. The Hall–Kier alpha value is -3.48. The molecule has 0 radical (unpaired) electrons. The molecular weight excluding hydrogens is 424 g/mol. The Balaban J connectivity index is 0.000000339. The van der Waals surface area contributed by atoms with Gasteiger partial charge in [-0.15, -0.1) is 0 Å². The van der Waals surface area contributed by atoms with Gasteiger partial charge < -0.3 is 19.9 Å². The fourth-order valence-electron chi connectivity index (χ4n) is 2.93. The van der Waals surface area contributed by atoms with Crippen molar-refractivity contribution in [2.45, 2.75) is 6.18 Å². The van der Waals surface area contributed by atoms with Crippen LogP contribution >= 0.6 is 0 Å². The predicted octanol–water partition coefficient (Wildman–Crippen LogP) is 1.84. The average Bonchev–Trinajstić information content (AvgIpc) is 3.12. The van der Waals surface area contributed by atoms with E-state index in [1.165, 1.54) is 12.3 Å². The highest BCUT2D eigenvalue weighted by Crippen LogP contribution is 2.26. The number of carboxylic acid groups (broad SMARTS) is 1. The van der Waals surface area contributed by atoms with Crippen LogP contribution in [-0.4, -0.2) is 75.3 Å². The molecule has 9 nitrogen and oxygen atoms in total. The molecule has 166 valence electrons. The van der Waals surface area contributed by atoms with Gasteiger partial charge in [-0.2, -0.15) is 18.2 Å². The number of aliphatic carboxylic acids is 1. The topological polar surface area (TPSA) is 118 Å². The van der Waals surface area contributed by atoms with Crippen LogP contribution in [0.5, 0.6) is 0 Å². The standard InChI is InChI=1S/C16H17FN6O.C2HF3O2/c1-22-4-6-23(7-5-22)13-3-2-10(8-11(13)17)14-19-12-9-18-16(24)21-15(12)20-14;3-2(4,5)1(6)7/h2-3,8-9H,4-7H2,1H3,(H2,18,19,20,21,24);(H,6,7). The summed E-state index contributed by atoms with van der Waals surface area (Å²) in [6.45, 7) is 3.46. The summed E-state index contributed by atoms with van der Waals surface area (Å²) in [5.41, 5.74) is 1.79. The molecule has 4 rings (SSSR count). The van der Waals surface area contributed by atoms with Crippen LogP contribution in [0.2, 0.25) is 0 Å². The molecule has 0 amide bonds. The van der Waals surface area contributed by atoms with Gasteiger partial charge in [0.1, 0.15) is 17.2 Å². The number of H-pyrrole nitrogens is 2. The third-order valence-electron chi connectivity index (χ3n) is 4.58. The van der Waals surface area contributed by atoms with Crippen LogP contribution in [0.4, 0.5) is 23.2 Å². The van der Waals surface area contributed by atoms with Crippen molar-refractivity contribution in [3.8, 4) is 11.4 Å². The molecule has 3 heterocycles. The fourth-order valence-corrected chi connectivity index (χ4v) is 2.93. The molecule has 13 heteroatoms. The maximum absolute atomic E-state index is 14.6. The third kappa shape index (κ3) is 5.36. The van der Waals surface area contributed by atoms with E-state index in [1.54, 1.807) is 6.07 Å². The van der Waals surface area contributed by atoms with E-state index in [0.29, 0.717) is 28.2 Å². The highest BCUT2D eigenvalue weighted by atomic mass is 19.4. The van der Waals surface area contributed by atoms with Crippen molar-refractivity contribution < 1.29 is 27.5 Å². The van der Waals surface area contributed by atoms with Gasteiger partial charge in [0.05, 0.1) is 11.9 Å². The van der Waals surface area contributed by atoms with E-state index >= 15 is 0 Å². The normalized spacial score (nSPS) is 14.9. The molecule has 1 aliphatic heterocycles. The summed E-state index contributed by atoms with van der Waals surface area (Å²) in [7, 11) is 2.07.